The van der Waals surface area contributed by atoms with Gasteiger partial charge in [0.15, 0.2) is 0 Å². The molecule has 0 aliphatic heterocycles. The number of carbonyl (C=O) groups is 1. The second kappa shape index (κ2) is 10.8. The van der Waals surface area contributed by atoms with Gasteiger partial charge in [-0.25, -0.2) is 22.9 Å². The third-order valence-corrected chi connectivity index (χ3v) is 10.4. The lowest BCUT2D eigenvalue weighted by atomic mass is 9.98. The van der Waals surface area contributed by atoms with Crippen LogP contribution in [0.15, 0.2) is 47.5 Å². The largest absolute Gasteiger partial charge is 0.349 e. The van der Waals surface area contributed by atoms with Crippen molar-refractivity contribution in [1.82, 2.24) is 30.3 Å². The van der Waals surface area contributed by atoms with Crippen molar-refractivity contribution in [1.29, 1.82) is 0 Å². The normalized spacial score (nSPS) is 20.8. The van der Waals surface area contributed by atoms with Crippen molar-refractivity contribution in [3.05, 3.63) is 59.4 Å². The first kappa shape index (κ1) is 28.1. The molecule has 226 valence electrons. The zero-order chi connectivity index (χ0) is 29.9. The Hall–Kier alpha value is -3.70. The molecule has 0 saturated heterocycles. The van der Waals surface area contributed by atoms with Crippen molar-refractivity contribution in [3.8, 4) is 0 Å². The Morgan fingerprint density at radius 1 is 1.05 bits per heavy atom. The zero-order valence-electron chi connectivity index (χ0n) is 24.8. The number of pyridine rings is 1. The van der Waals surface area contributed by atoms with Gasteiger partial charge in [-0.2, -0.15) is 0 Å². The molecule has 43 heavy (non-hydrogen) atoms. The summed E-state index contributed by atoms with van der Waals surface area (Å²) in [6.45, 7) is 6.33. The van der Waals surface area contributed by atoms with E-state index in [0.717, 1.165) is 58.9 Å². The number of urea groups is 1. The van der Waals surface area contributed by atoms with E-state index in [9.17, 15) is 13.2 Å². The van der Waals surface area contributed by atoms with Gasteiger partial charge in [0.1, 0.15) is 0 Å². The maximum absolute atomic E-state index is 13.8. The fraction of sp³-hybridized carbons (Fsp3) is 0.469. The van der Waals surface area contributed by atoms with E-state index in [0.29, 0.717) is 36.1 Å². The van der Waals surface area contributed by atoms with Gasteiger partial charge in [0.25, 0.3) is 0 Å². The lowest BCUT2D eigenvalue weighted by molar-refractivity contribution is 0.232. The maximum atomic E-state index is 13.8. The van der Waals surface area contributed by atoms with Crippen LogP contribution in [0.25, 0.3) is 21.8 Å². The van der Waals surface area contributed by atoms with Crippen molar-refractivity contribution in [3.63, 3.8) is 0 Å². The van der Waals surface area contributed by atoms with E-state index < -0.39 is 16.1 Å². The van der Waals surface area contributed by atoms with Crippen LogP contribution in [0.5, 0.6) is 0 Å². The molecule has 3 aliphatic carbocycles. The van der Waals surface area contributed by atoms with Gasteiger partial charge in [-0.1, -0.05) is 26.0 Å². The molecule has 2 fully saturated rings. The second-order valence-electron chi connectivity index (χ2n) is 12.9. The number of fused-ring (bicyclic) bond motifs is 4. The van der Waals surface area contributed by atoms with Crippen LogP contribution in [0.3, 0.4) is 0 Å². The molecule has 4 aromatic rings. The molecule has 2 saturated carbocycles. The van der Waals surface area contributed by atoms with E-state index >= 15 is 0 Å². The van der Waals surface area contributed by atoms with E-state index in [1.807, 2.05) is 57.3 Å². The molecule has 3 atom stereocenters. The molecule has 2 aromatic heterocycles. The van der Waals surface area contributed by atoms with Crippen LogP contribution in [0.2, 0.25) is 0 Å². The Kier molecular flexibility index (Phi) is 7.04. The smallest absolute Gasteiger partial charge is 0.315 e. The van der Waals surface area contributed by atoms with Crippen LogP contribution in [0.4, 0.5) is 10.7 Å². The number of nitrogens with zero attached hydrogens (tertiary/aromatic N) is 2. The average molecular weight is 602 g/mol. The Balaban J connectivity index is 1.33. The Morgan fingerprint density at radius 2 is 1.84 bits per heavy atom. The number of H-pyrrole nitrogens is 1. The number of aromatic nitrogens is 3. The van der Waals surface area contributed by atoms with Crippen LogP contribution in [0, 0.1) is 11.8 Å². The molecule has 0 radical (unpaired) electrons. The number of sulfonamides is 1. The van der Waals surface area contributed by atoms with Crippen LogP contribution >= 0.6 is 0 Å². The Morgan fingerprint density at radius 3 is 2.56 bits per heavy atom. The predicted octanol–water partition coefficient (Wildman–Crippen LogP) is 5.62. The van der Waals surface area contributed by atoms with E-state index in [4.69, 9.17) is 9.97 Å². The predicted molar refractivity (Wildman–Crippen MR) is 167 cm³/mol. The number of benzene rings is 2. The van der Waals surface area contributed by atoms with Crippen LogP contribution < -0.4 is 20.7 Å². The zero-order valence-corrected chi connectivity index (χ0v) is 25.6. The SMILES string of the molecule is CC(C)CNS(=O)(=O)c1cc2c(c3cnc(C4CC4)cc13)[C@@H](Nc1nc3ccccc3[nH]1)C[C@@H]2NC(=O)NC(C)C1CC1. The van der Waals surface area contributed by atoms with Crippen LogP contribution in [-0.4, -0.2) is 42.0 Å². The summed E-state index contributed by atoms with van der Waals surface area (Å²) in [6, 6.07) is 10.8. The molecule has 0 bridgehead atoms. The number of anilines is 1. The van der Waals surface area contributed by atoms with E-state index in [-0.39, 0.29) is 28.9 Å². The van der Waals surface area contributed by atoms with Gasteiger partial charge in [0.05, 0.1) is 28.0 Å². The summed E-state index contributed by atoms with van der Waals surface area (Å²) in [6.07, 6.45) is 6.74. The summed E-state index contributed by atoms with van der Waals surface area (Å²) >= 11 is 0. The number of para-hydroxylation sites is 2. The summed E-state index contributed by atoms with van der Waals surface area (Å²) in [7, 11) is -3.84. The lowest BCUT2D eigenvalue weighted by Crippen LogP contribution is -2.42. The number of hydrogen-bond acceptors (Lipinski definition) is 6. The number of hydrogen-bond donors (Lipinski definition) is 5. The number of aromatic amines is 1. The minimum Gasteiger partial charge on any atom is -0.349 e. The molecule has 5 N–H and O–H groups in total. The number of nitrogens with one attached hydrogen (secondary N) is 5. The summed E-state index contributed by atoms with van der Waals surface area (Å²) in [5.41, 5.74) is 4.42. The molecular formula is C32H39N7O3S. The van der Waals surface area contributed by atoms with Crippen molar-refractivity contribution in [2.45, 2.75) is 81.8 Å². The highest BCUT2D eigenvalue weighted by Crippen LogP contribution is 2.47. The molecule has 1 unspecified atom stereocenters. The third kappa shape index (κ3) is 5.68. The van der Waals surface area contributed by atoms with Gasteiger partial charge in [-0.15, -0.1) is 0 Å². The molecule has 10 nitrogen and oxygen atoms in total. The van der Waals surface area contributed by atoms with Crippen LogP contribution in [-0.2, 0) is 10.0 Å². The van der Waals surface area contributed by atoms with Crippen molar-refractivity contribution in [2.75, 3.05) is 11.9 Å². The molecule has 11 heteroatoms. The molecule has 2 amide bonds. The molecule has 3 aliphatic rings. The monoisotopic (exact) mass is 601 g/mol. The van der Waals surface area contributed by atoms with Crippen molar-refractivity contribution < 1.29 is 13.2 Å². The number of imidazole rings is 1. The molecule has 2 aromatic carbocycles. The van der Waals surface area contributed by atoms with Gasteiger partial charge >= 0.3 is 6.03 Å². The third-order valence-electron chi connectivity index (χ3n) is 8.93. The van der Waals surface area contributed by atoms with Gasteiger partial charge in [-0.05, 0) is 86.3 Å². The van der Waals surface area contributed by atoms with Crippen molar-refractivity contribution >= 4 is 43.8 Å². The fourth-order valence-electron chi connectivity index (χ4n) is 6.25. The summed E-state index contributed by atoms with van der Waals surface area (Å²) in [4.78, 5) is 26.3. The standard InChI is InChI=1S/C32H39N7O3S/c1-17(2)15-34-43(41,42)29-13-22-27(39-32(40)35-18(3)19-8-9-19)14-28(38-31-36-24-6-4-5-7-25(24)37-31)30(22)23-16-33-26(12-21(23)29)20-10-11-20/h4-7,12-13,16-20,27-28,34H,8-11,14-15H2,1-3H3,(H2,35,39,40)(H2,36,37,38)/t18?,27-,28-/m0/s1. The minimum atomic E-state index is -3.84. The molecule has 0 spiro atoms. The average Bonchev–Trinajstić information content (AvgIpc) is 3.91. The summed E-state index contributed by atoms with van der Waals surface area (Å²) in [5.74, 6) is 1.66. The van der Waals surface area contributed by atoms with Gasteiger partial charge in [0.2, 0.25) is 16.0 Å². The number of rotatable bonds is 10. The maximum Gasteiger partial charge on any atom is 0.315 e. The van der Waals surface area contributed by atoms with Gasteiger partial charge in [-0.3, -0.25) is 4.98 Å². The first-order chi connectivity index (χ1) is 20.7. The van der Waals surface area contributed by atoms with E-state index in [1.54, 1.807) is 6.07 Å². The highest BCUT2D eigenvalue weighted by Gasteiger charge is 2.38. The number of carbonyl (C=O) groups excluding carboxylic acids is 1. The Bertz CT molecular complexity index is 1780. The van der Waals surface area contributed by atoms with Crippen molar-refractivity contribution in [2.24, 2.45) is 11.8 Å². The quantitative estimate of drug-likeness (QED) is 0.160. The summed E-state index contributed by atoms with van der Waals surface area (Å²) in [5, 5.41) is 11.3. The molecular weight excluding hydrogens is 562 g/mol. The van der Waals surface area contributed by atoms with Gasteiger partial charge in [0, 0.05) is 41.2 Å². The lowest BCUT2D eigenvalue weighted by Gasteiger charge is -2.20. The topological polar surface area (TPSA) is 141 Å². The van der Waals surface area contributed by atoms with Crippen LogP contribution in [0.1, 0.15) is 87.7 Å². The number of amides is 2. The molecule has 2 heterocycles. The van der Waals surface area contributed by atoms with Gasteiger partial charge < -0.3 is 20.9 Å². The highest BCUT2D eigenvalue weighted by molar-refractivity contribution is 7.89. The molecule has 7 rings (SSSR count). The van der Waals surface area contributed by atoms with E-state index in [2.05, 4.69) is 25.7 Å². The first-order valence-electron chi connectivity index (χ1n) is 15.4. The highest BCUT2D eigenvalue weighted by atomic mass is 32.2. The first-order valence-corrected chi connectivity index (χ1v) is 16.9. The second-order valence-corrected chi connectivity index (χ2v) is 14.6. The fourth-order valence-corrected chi connectivity index (χ4v) is 7.70. The minimum absolute atomic E-state index is 0.0863. The Labute approximate surface area is 251 Å². The van der Waals surface area contributed by atoms with E-state index in [1.165, 1.54) is 0 Å². The summed E-state index contributed by atoms with van der Waals surface area (Å²) < 4.78 is 30.4.